The molecule has 0 saturated carbocycles. The number of aliphatic hydroxyl groups excluding tert-OH is 1. The Morgan fingerprint density at radius 2 is 0.466 bits per heavy atom. The van der Waals surface area contributed by atoms with Crippen molar-refractivity contribution in [2.75, 3.05) is 39.6 Å². The maximum absolute atomic E-state index is 13.1. The van der Waals surface area contributed by atoms with Gasteiger partial charge in [-0.05, 0) is 37.5 Å². The van der Waals surface area contributed by atoms with Crippen LogP contribution < -0.4 is 0 Å². The van der Waals surface area contributed by atoms with Gasteiger partial charge in [0.05, 0.1) is 26.4 Å². The molecule has 0 bridgehead atoms. The molecular formula is C84H164O17P2. The number of esters is 4. The van der Waals surface area contributed by atoms with E-state index in [-0.39, 0.29) is 25.7 Å². The highest BCUT2D eigenvalue weighted by molar-refractivity contribution is 7.47. The summed E-state index contributed by atoms with van der Waals surface area (Å²) in [5.41, 5.74) is 0. The summed E-state index contributed by atoms with van der Waals surface area (Å²) < 4.78 is 68.8. The molecule has 0 saturated heterocycles. The number of hydrogen-bond donors (Lipinski definition) is 3. The molecule has 103 heavy (non-hydrogen) atoms. The highest BCUT2D eigenvalue weighted by atomic mass is 31.2. The molecule has 17 nitrogen and oxygen atoms in total. The van der Waals surface area contributed by atoms with Gasteiger partial charge in [-0.3, -0.25) is 37.3 Å². The molecular weight excluding hydrogens is 1340 g/mol. The third-order valence-electron chi connectivity index (χ3n) is 20.4. The van der Waals surface area contributed by atoms with Gasteiger partial charge in [-0.15, -0.1) is 0 Å². The first-order valence-corrected chi connectivity index (χ1v) is 46.6. The normalized spacial score (nSPS) is 14.4. The molecule has 0 fully saturated rings. The second-order valence-corrected chi connectivity index (χ2v) is 33.6. The highest BCUT2D eigenvalue weighted by Crippen LogP contribution is 2.45. The molecule has 0 rings (SSSR count). The number of aliphatic hydroxyl groups is 1. The molecule has 0 aliphatic carbocycles. The van der Waals surface area contributed by atoms with Gasteiger partial charge in [0.15, 0.2) is 12.2 Å². The standard InChI is InChI=1S/C84H164O17P2/c1-7-11-13-15-17-19-20-21-32-38-44-50-56-62-68-83(88)100-79(72-94-81(86)66-60-54-48-40-18-16-14-12-8-2)74-98-102(90,91)96-70-78(85)71-97-103(92,93)99-75-80(73-95-82(87)67-61-55-49-43-37-33-29-28-31-36-42-47-53-59-65-77(6)10-4)101-84(89)69-63-57-51-45-39-34-27-25-23-22-24-26-30-35-41-46-52-58-64-76(5)9-3/h76-80,85H,7-75H2,1-6H3,(H,90,91)(H,92,93)/t76?,77?,78-,79+,80+/m0/s1. The Morgan fingerprint density at radius 1 is 0.272 bits per heavy atom. The minimum atomic E-state index is -4.96. The summed E-state index contributed by atoms with van der Waals surface area (Å²) in [6.07, 6.45) is 66.5. The molecule has 0 aromatic carbocycles. The van der Waals surface area contributed by atoms with E-state index in [4.69, 9.17) is 37.0 Å². The van der Waals surface area contributed by atoms with E-state index >= 15 is 0 Å². The number of rotatable bonds is 83. The van der Waals surface area contributed by atoms with Crippen molar-refractivity contribution in [3.05, 3.63) is 0 Å². The van der Waals surface area contributed by atoms with Gasteiger partial charge in [-0.1, -0.05) is 395 Å². The molecule has 7 atom stereocenters. The molecule has 4 unspecified atom stereocenters. The first kappa shape index (κ1) is 101. The van der Waals surface area contributed by atoms with Crippen molar-refractivity contribution in [2.24, 2.45) is 11.8 Å². The highest BCUT2D eigenvalue weighted by Gasteiger charge is 2.30. The second kappa shape index (κ2) is 75.5. The van der Waals surface area contributed by atoms with Gasteiger partial charge in [0, 0.05) is 25.7 Å². The minimum absolute atomic E-state index is 0.108. The SMILES string of the molecule is CCCCCCCCCCCCCCCCC(=O)O[C@H](COC(=O)CCCCCCCCCCC)COP(=O)(O)OC[C@H](O)COP(=O)(O)OC[C@@H](COC(=O)CCCCCCCCCCCCCCCCC(C)CC)OC(=O)CCCCCCCCCCCCCCCCCCCCC(C)CC. The van der Waals surface area contributed by atoms with Gasteiger partial charge in [0.1, 0.15) is 19.3 Å². The molecule has 0 aromatic rings. The zero-order valence-electron chi connectivity index (χ0n) is 67.6. The number of phosphoric acid groups is 2. The van der Waals surface area contributed by atoms with Crippen LogP contribution in [0.3, 0.4) is 0 Å². The maximum Gasteiger partial charge on any atom is 0.472 e. The Kier molecular flexibility index (Phi) is 74.1. The van der Waals surface area contributed by atoms with Crippen LogP contribution in [0.25, 0.3) is 0 Å². The molecule has 19 heteroatoms. The molecule has 0 spiro atoms. The Labute approximate surface area is 632 Å². The van der Waals surface area contributed by atoms with E-state index in [0.717, 1.165) is 102 Å². The lowest BCUT2D eigenvalue weighted by Gasteiger charge is -2.21. The van der Waals surface area contributed by atoms with Gasteiger partial charge in [0.2, 0.25) is 0 Å². The first-order chi connectivity index (χ1) is 49.9. The Morgan fingerprint density at radius 3 is 0.689 bits per heavy atom. The smallest absolute Gasteiger partial charge is 0.462 e. The van der Waals surface area contributed by atoms with Crippen LogP contribution in [0.1, 0.15) is 446 Å². The zero-order valence-corrected chi connectivity index (χ0v) is 69.4. The largest absolute Gasteiger partial charge is 0.472 e. The van der Waals surface area contributed by atoms with Gasteiger partial charge in [0.25, 0.3) is 0 Å². The van der Waals surface area contributed by atoms with E-state index in [9.17, 15) is 43.2 Å². The quantitative estimate of drug-likeness (QED) is 0.0222. The second-order valence-electron chi connectivity index (χ2n) is 30.7. The van der Waals surface area contributed by atoms with Crippen LogP contribution in [0.4, 0.5) is 0 Å². The van der Waals surface area contributed by atoms with Crippen molar-refractivity contribution in [2.45, 2.75) is 464 Å². The maximum atomic E-state index is 13.1. The Bertz CT molecular complexity index is 1980. The first-order valence-electron chi connectivity index (χ1n) is 43.6. The van der Waals surface area contributed by atoms with E-state index in [1.807, 2.05) is 0 Å². The lowest BCUT2D eigenvalue weighted by molar-refractivity contribution is -0.161. The summed E-state index contributed by atoms with van der Waals surface area (Å²) in [6, 6.07) is 0. The lowest BCUT2D eigenvalue weighted by Crippen LogP contribution is -2.30. The van der Waals surface area contributed by atoms with Crippen LogP contribution in [0, 0.1) is 11.8 Å². The summed E-state index contributed by atoms with van der Waals surface area (Å²) in [5.74, 6) is -0.384. The molecule has 0 amide bonds. The van der Waals surface area contributed by atoms with Crippen molar-refractivity contribution >= 4 is 39.5 Å². The third kappa shape index (κ3) is 75.3. The zero-order chi connectivity index (χ0) is 75.6. The van der Waals surface area contributed by atoms with E-state index < -0.39 is 97.5 Å². The molecule has 3 N–H and O–H groups in total. The average Bonchev–Trinajstić information content (AvgIpc) is 0.911. The lowest BCUT2D eigenvalue weighted by atomic mass is 9.99. The van der Waals surface area contributed by atoms with Crippen LogP contribution in [-0.2, 0) is 65.4 Å². The average molecular weight is 1510 g/mol. The third-order valence-corrected chi connectivity index (χ3v) is 22.3. The van der Waals surface area contributed by atoms with Crippen LogP contribution in [0.15, 0.2) is 0 Å². The van der Waals surface area contributed by atoms with Gasteiger partial charge >= 0.3 is 39.5 Å². The molecule has 612 valence electrons. The van der Waals surface area contributed by atoms with Gasteiger partial charge < -0.3 is 33.8 Å². The summed E-state index contributed by atoms with van der Waals surface area (Å²) in [4.78, 5) is 73.1. The van der Waals surface area contributed by atoms with Crippen LogP contribution in [0.5, 0.6) is 0 Å². The molecule has 0 aliphatic rings. The molecule has 0 radical (unpaired) electrons. The van der Waals surface area contributed by atoms with Crippen molar-refractivity contribution in [3.8, 4) is 0 Å². The van der Waals surface area contributed by atoms with E-state index in [1.54, 1.807) is 0 Å². The predicted molar refractivity (Wildman–Crippen MR) is 423 cm³/mol. The van der Waals surface area contributed by atoms with E-state index in [0.29, 0.717) is 25.7 Å². The number of ether oxygens (including phenoxy) is 4. The fourth-order valence-corrected chi connectivity index (χ4v) is 14.6. The Balaban J connectivity index is 5.21. The van der Waals surface area contributed by atoms with E-state index in [1.165, 1.54) is 263 Å². The number of carbonyl (C=O) groups is 4. The minimum Gasteiger partial charge on any atom is -0.462 e. The summed E-state index contributed by atoms with van der Waals surface area (Å²) in [6.45, 7) is 9.76. The van der Waals surface area contributed by atoms with Gasteiger partial charge in [-0.2, -0.15) is 0 Å². The number of unbranched alkanes of at least 4 members (excludes halogenated alkanes) is 51. The summed E-state index contributed by atoms with van der Waals surface area (Å²) >= 11 is 0. The molecule has 0 aliphatic heterocycles. The summed E-state index contributed by atoms with van der Waals surface area (Å²) in [7, 11) is -9.92. The fourth-order valence-electron chi connectivity index (χ4n) is 13.0. The number of carbonyl (C=O) groups excluding carboxylic acids is 4. The predicted octanol–water partition coefficient (Wildman–Crippen LogP) is 25.5. The molecule has 0 aromatic heterocycles. The number of hydrogen-bond acceptors (Lipinski definition) is 15. The van der Waals surface area contributed by atoms with E-state index in [2.05, 4.69) is 41.5 Å². The topological polar surface area (TPSA) is 237 Å². The van der Waals surface area contributed by atoms with Crippen molar-refractivity contribution < 1.29 is 80.2 Å². The monoisotopic (exact) mass is 1510 g/mol. The van der Waals surface area contributed by atoms with Crippen LogP contribution >= 0.6 is 15.6 Å². The summed E-state index contributed by atoms with van der Waals surface area (Å²) in [5, 5.41) is 10.7. The Hall–Kier alpha value is -1.94. The van der Waals surface area contributed by atoms with Crippen molar-refractivity contribution in [1.82, 2.24) is 0 Å². The van der Waals surface area contributed by atoms with Crippen LogP contribution in [-0.4, -0.2) is 96.7 Å². The fraction of sp³-hybridized carbons (Fsp3) is 0.952. The van der Waals surface area contributed by atoms with Crippen molar-refractivity contribution in [1.29, 1.82) is 0 Å². The van der Waals surface area contributed by atoms with Crippen LogP contribution in [0.2, 0.25) is 0 Å². The molecule has 0 heterocycles. The van der Waals surface area contributed by atoms with Crippen molar-refractivity contribution in [3.63, 3.8) is 0 Å². The number of phosphoric ester groups is 2. The van der Waals surface area contributed by atoms with Gasteiger partial charge in [-0.25, -0.2) is 9.13 Å².